The van der Waals surface area contributed by atoms with Crippen LogP contribution in [-0.2, 0) is 6.42 Å². The van der Waals surface area contributed by atoms with Crippen molar-refractivity contribution in [2.24, 2.45) is 0 Å². The van der Waals surface area contributed by atoms with E-state index in [2.05, 4.69) is 16.0 Å². The van der Waals surface area contributed by atoms with Gasteiger partial charge in [0, 0.05) is 42.7 Å². The highest BCUT2D eigenvalue weighted by molar-refractivity contribution is 6.31. The molecule has 3 rings (SSSR count). The van der Waals surface area contributed by atoms with Crippen LogP contribution in [0, 0.1) is 6.92 Å². The van der Waals surface area contributed by atoms with Crippen LogP contribution in [0.3, 0.4) is 0 Å². The molecule has 0 heterocycles. The quantitative estimate of drug-likeness (QED) is 0.455. The molecule has 0 aromatic heterocycles. The highest BCUT2D eigenvalue weighted by atomic mass is 35.5. The summed E-state index contributed by atoms with van der Waals surface area (Å²) in [5.41, 5.74) is 4.43. The number of hydrogen-bond acceptors (Lipinski definition) is 3. The van der Waals surface area contributed by atoms with Crippen LogP contribution >= 0.6 is 11.6 Å². The molecule has 0 unspecified atom stereocenters. The predicted molar refractivity (Wildman–Crippen MR) is 132 cm³/mol. The van der Waals surface area contributed by atoms with Crippen molar-refractivity contribution in [3.63, 3.8) is 0 Å². The van der Waals surface area contributed by atoms with Gasteiger partial charge in [-0.15, -0.1) is 0 Å². The van der Waals surface area contributed by atoms with E-state index in [0.717, 1.165) is 23.2 Å². The summed E-state index contributed by atoms with van der Waals surface area (Å²) in [6.07, 6.45) is 0.739. The lowest BCUT2D eigenvalue weighted by Crippen LogP contribution is -2.28. The van der Waals surface area contributed by atoms with Gasteiger partial charge in [-0.25, -0.2) is 4.79 Å². The van der Waals surface area contributed by atoms with Gasteiger partial charge in [-0.05, 0) is 54.8 Å². The minimum Gasteiger partial charge on any atom is -0.377 e. The first-order valence-electron chi connectivity index (χ1n) is 10.3. The standard InChI is InChI=1S/C25H27ClN4O2/c1-17-9-10-20(16-22(17)26)29-25(32)28-19-11-12-23(30(2)3)21(15-19)24(31)27-14-13-18-7-5-4-6-8-18/h4-12,15-16H,13-14H2,1-3H3,(H,27,31)(H2,28,29,32). The average Bonchev–Trinajstić information content (AvgIpc) is 2.76. The van der Waals surface area contributed by atoms with Crippen molar-refractivity contribution in [2.45, 2.75) is 13.3 Å². The fourth-order valence-electron chi connectivity index (χ4n) is 3.21. The molecule has 3 N–H and O–H groups in total. The molecule has 7 heteroatoms. The molecule has 3 amide bonds. The molecule has 0 bridgehead atoms. The maximum atomic E-state index is 12.9. The molecule has 0 aliphatic heterocycles. The molecule has 32 heavy (non-hydrogen) atoms. The summed E-state index contributed by atoms with van der Waals surface area (Å²) in [4.78, 5) is 27.2. The molecule has 0 atom stereocenters. The zero-order chi connectivity index (χ0) is 23.1. The van der Waals surface area contributed by atoms with Crippen molar-refractivity contribution in [1.29, 1.82) is 0 Å². The molecule has 3 aromatic rings. The first-order chi connectivity index (χ1) is 15.3. The third-order valence-electron chi connectivity index (χ3n) is 4.95. The molecule has 3 aromatic carbocycles. The van der Waals surface area contributed by atoms with Crippen LogP contribution in [-0.4, -0.2) is 32.6 Å². The van der Waals surface area contributed by atoms with Crippen LogP contribution in [0.5, 0.6) is 0 Å². The number of nitrogens with one attached hydrogen (secondary N) is 3. The molecule has 0 saturated carbocycles. The van der Waals surface area contributed by atoms with E-state index in [4.69, 9.17) is 11.6 Å². The number of carbonyl (C=O) groups is 2. The Kier molecular flexibility index (Phi) is 7.73. The third kappa shape index (κ3) is 6.25. The Balaban J connectivity index is 1.68. The van der Waals surface area contributed by atoms with Gasteiger partial charge in [-0.1, -0.05) is 48.0 Å². The lowest BCUT2D eigenvalue weighted by molar-refractivity contribution is 0.0954. The van der Waals surface area contributed by atoms with Crippen LogP contribution < -0.4 is 20.9 Å². The van der Waals surface area contributed by atoms with Gasteiger partial charge in [0.05, 0.1) is 5.56 Å². The van der Waals surface area contributed by atoms with Crippen molar-refractivity contribution in [1.82, 2.24) is 5.32 Å². The second kappa shape index (κ2) is 10.7. The number of hydrogen-bond donors (Lipinski definition) is 3. The molecular formula is C25H27ClN4O2. The maximum Gasteiger partial charge on any atom is 0.323 e. The second-order valence-electron chi connectivity index (χ2n) is 7.66. The van der Waals surface area contributed by atoms with E-state index in [1.165, 1.54) is 0 Å². The number of nitrogens with zero attached hydrogens (tertiary/aromatic N) is 1. The van der Waals surface area contributed by atoms with Crippen LogP contribution in [0.4, 0.5) is 21.9 Å². The number of rotatable bonds is 7. The van der Waals surface area contributed by atoms with Gasteiger partial charge in [0.15, 0.2) is 0 Å². The molecule has 6 nitrogen and oxygen atoms in total. The monoisotopic (exact) mass is 450 g/mol. The first kappa shape index (κ1) is 23.2. The Hall–Kier alpha value is -3.51. The van der Waals surface area contributed by atoms with Crippen LogP contribution in [0.1, 0.15) is 21.5 Å². The zero-order valence-corrected chi connectivity index (χ0v) is 19.2. The number of benzene rings is 3. The Labute approximate surface area is 193 Å². The summed E-state index contributed by atoms with van der Waals surface area (Å²) in [7, 11) is 3.74. The van der Waals surface area contributed by atoms with Gasteiger partial charge in [0.1, 0.15) is 0 Å². The van der Waals surface area contributed by atoms with E-state index in [1.807, 2.05) is 68.4 Å². The normalized spacial score (nSPS) is 10.4. The summed E-state index contributed by atoms with van der Waals surface area (Å²) < 4.78 is 0. The van der Waals surface area contributed by atoms with Crippen molar-refractivity contribution in [3.05, 3.63) is 88.4 Å². The number of carbonyl (C=O) groups excluding carboxylic acids is 2. The van der Waals surface area contributed by atoms with Crippen molar-refractivity contribution in [2.75, 3.05) is 36.2 Å². The van der Waals surface area contributed by atoms with E-state index >= 15 is 0 Å². The van der Waals surface area contributed by atoms with Gasteiger partial charge < -0.3 is 20.9 Å². The van der Waals surface area contributed by atoms with E-state index in [1.54, 1.807) is 24.3 Å². The minimum atomic E-state index is -0.419. The van der Waals surface area contributed by atoms with Gasteiger partial charge >= 0.3 is 6.03 Å². The lowest BCUT2D eigenvalue weighted by Gasteiger charge is -2.19. The molecule has 0 saturated heterocycles. The number of aryl methyl sites for hydroxylation is 1. The van der Waals surface area contributed by atoms with E-state index < -0.39 is 6.03 Å². The number of halogens is 1. The number of amides is 3. The summed E-state index contributed by atoms with van der Waals surface area (Å²) in [5.74, 6) is -0.195. The fraction of sp³-hybridized carbons (Fsp3) is 0.200. The van der Waals surface area contributed by atoms with Crippen molar-refractivity contribution >= 4 is 40.6 Å². The summed E-state index contributed by atoms with van der Waals surface area (Å²) >= 11 is 6.12. The Bertz CT molecular complexity index is 1100. The Morgan fingerprint density at radius 1 is 0.906 bits per heavy atom. The third-order valence-corrected chi connectivity index (χ3v) is 5.36. The van der Waals surface area contributed by atoms with Crippen LogP contribution in [0.25, 0.3) is 0 Å². The van der Waals surface area contributed by atoms with E-state index in [-0.39, 0.29) is 5.91 Å². The van der Waals surface area contributed by atoms with Gasteiger partial charge in [0.25, 0.3) is 5.91 Å². The molecule has 0 fully saturated rings. The number of urea groups is 1. The van der Waals surface area contributed by atoms with Crippen LogP contribution in [0.15, 0.2) is 66.7 Å². The van der Waals surface area contributed by atoms with Crippen molar-refractivity contribution < 1.29 is 9.59 Å². The minimum absolute atomic E-state index is 0.195. The van der Waals surface area contributed by atoms with Gasteiger partial charge in [-0.2, -0.15) is 0 Å². The highest BCUT2D eigenvalue weighted by Crippen LogP contribution is 2.24. The molecule has 0 spiro atoms. The molecular weight excluding hydrogens is 424 g/mol. The van der Waals surface area contributed by atoms with Crippen LogP contribution in [0.2, 0.25) is 5.02 Å². The number of anilines is 3. The average molecular weight is 451 g/mol. The Morgan fingerprint density at radius 2 is 1.56 bits per heavy atom. The maximum absolute atomic E-state index is 12.9. The smallest absolute Gasteiger partial charge is 0.323 e. The largest absolute Gasteiger partial charge is 0.377 e. The highest BCUT2D eigenvalue weighted by Gasteiger charge is 2.15. The fourth-order valence-corrected chi connectivity index (χ4v) is 3.39. The van der Waals surface area contributed by atoms with Gasteiger partial charge in [0.2, 0.25) is 0 Å². The predicted octanol–water partition coefficient (Wildman–Crippen LogP) is 5.33. The molecule has 0 radical (unpaired) electrons. The topological polar surface area (TPSA) is 73.5 Å². The summed E-state index contributed by atoms with van der Waals surface area (Å²) in [6.45, 7) is 2.41. The lowest BCUT2D eigenvalue weighted by atomic mass is 10.1. The zero-order valence-electron chi connectivity index (χ0n) is 18.4. The Morgan fingerprint density at radius 3 is 2.22 bits per heavy atom. The first-order valence-corrected chi connectivity index (χ1v) is 10.7. The second-order valence-corrected chi connectivity index (χ2v) is 8.07. The van der Waals surface area contributed by atoms with E-state index in [9.17, 15) is 9.59 Å². The van der Waals surface area contributed by atoms with E-state index in [0.29, 0.717) is 28.5 Å². The summed E-state index contributed by atoms with van der Waals surface area (Å²) in [5, 5.41) is 9.07. The SMILES string of the molecule is Cc1ccc(NC(=O)Nc2ccc(N(C)C)c(C(=O)NCCc3ccccc3)c2)cc1Cl. The summed E-state index contributed by atoms with van der Waals surface area (Å²) in [6, 6.07) is 20.1. The van der Waals surface area contributed by atoms with Crippen molar-refractivity contribution in [3.8, 4) is 0 Å². The molecule has 166 valence electrons. The van der Waals surface area contributed by atoms with Gasteiger partial charge in [-0.3, -0.25) is 4.79 Å². The molecule has 0 aliphatic rings. The molecule has 0 aliphatic carbocycles.